The maximum Gasteiger partial charge on any atom is 0.192 e. The summed E-state index contributed by atoms with van der Waals surface area (Å²) in [5.41, 5.74) is 2.20. The SMILES string of the molecule is Cc1occc1-c1nnc(SCc2ccc(Br)s2)n1Cc1ccccc1. The predicted octanol–water partition coefficient (Wildman–Crippen LogP) is 6.01. The van der Waals surface area contributed by atoms with Gasteiger partial charge in [0.15, 0.2) is 11.0 Å². The van der Waals surface area contributed by atoms with Crippen LogP contribution in [0.4, 0.5) is 0 Å². The fourth-order valence-corrected chi connectivity index (χ4v) is 5.15. The van der Waals surface area contributed by atoms with Crippen molar-refractivity contribution in [2.75, 3.05) is 0 Å². The van der Waals surface area contributed by atoms with E-state index in [4.69, 9.17) is 4.42 Å². The average molecular weight is 446 g/mol. The smallest absolute Gasteiger partial charge is 0.192 e. The van der Waals surface area contributed by atoms with Crippen molar-refractivity contribution in [1.29, 1.82) is 0 Å². The van der Waals surface area contributed by atoms with E-state index in [1.54, 1.807) is 29.4 Å². The molecule has 0 aliphatic carbocycles. The summed E-state index contributed by atoms with van der Waals surface area (Å²) < 4.78 is 8.79. The van der Waals surface area contributed by atoms with E-state index in [2.05, 4.69) is 67.1 Å². The zero-order valence-electron chi connectivity index (χ0n) is 14.1. The molecule has 0 radical (unpaired) electrons. The number of hydrogen-bond acceptors (Lipinski definition) is 5. The fourth-order valence-electron chi connectivity index (χ4n) is 2.69. The number of thiophene rings is 1. The van der Waals surface area contributed by atoms with Crippen LogP contribution in [0.3, 0.4) is 0 Å². The third-order valence-corrected chi connectivity index (χ3v) is 6.79. The summed E-state index contributed by atoms with van der Waals surface area (Å²) in [6, 6.07) is 16.5. The van der Waals surface area contributed by atoms with Gasteiger partial charge >= 0.3 is 0 Å². The number of benzene rings is 1. The van der Waals surface area contributed by atoms with Crippen molar-refractivity contribution < 1.29 is 4.42 Å². The Kier molecular flexibility index (Phi) is 5.28. The molecule has 0 N–H and O–H groups in total. The normalized spacial score (nSPS) is 11.2. The molecule has 0 saturated heterocycles. The summed E-state index contributed by atoms with van der Waals surface area (Å²) in [5.74, 6) is 2.56. The summed E-state index contributed by atoms with van der Waals surface area (Å²) in [4.78, 5) is 1.30. The molecule has 0 aliphatic rings. The van der Waals surface area contributed by atoms with Gasteiger partial charge in [0, 0.05) is 10.6 Å². The van der Waals surface area contributed by atoms with Crippen LogP contribution in [0.15, 0.2) is 68.2 Å². The highest BCUT2D eigenvalue weighted by Gasteiger charge is 2.18. The fraction of sp³-hybridized carbons (Fsp3) is 0.158. The molecule has 3 aromatic heterocycles. The number of thioether (sulfide) groups is 1. The highest BCUT2D eigenvalue weighted by Crippen LogP contribution is 2.32. The minimum absolute atomic E-state index is 0.726. The minimum Gasteiger partial charge on any atom is -0.469 e. The van der Waals surface area contributed by atoms with Crippen molar-refractivity contribution in [3.05, 3.63) is 74.8 Å². The molecule has 0 fully saturated rings. The lowest BCUT2D eigenvalue weighted by molar-refractivity contribution is 0.534. The first kappa shape index (κ1) is 17.6. The quantitative estimate of drug-likeness (QED) is 0.340. The molecule has 26 heavy (non-hydrogen) atoms. The first-order valence-electron chi connectivity index (χ1n) is 8.09. The zero-order valence-corrected chi connectivity index (χ0v) is 17.3. The number of rotatable bonds is 6. The zero-order chi connectivity index (χ0) is 17.9. The molecular formula is C19H16BrN3OS2. The Bertz CT molecular complexity index is 1010. The van der Waals surface area contributed by atoms with Crippen LogP contribution in [-0.4, -0.2) is 14.8 Å². The van der Waals surface area contributed by atoms with Crippen LogP contribution in [0, 0.1) is 6.92 Å². The van der Waals surface area contributed by atoms with Gasteiger partial charge in [-0.2, -0.15) is 0 Å². The highest BCUT2D eigenvalue weighted by molar-refractivity contribution is 9.11. The summed E-state index contributed by atoms with van der Waals surface area (Å²) in [7, 11) is 0. The van der Waals surface area contributed by atoms with E-state index in [9.17, 15) is 0 Å². The van der Waals surface area contributed by atoms with Crippen molar-refractivity contribution in [1.82, 2.24) is 14.8 Å². The van der Waals surface area contributed by atoms with Gasteiger partial charge in [0.05, 0.1) is 22.2 Å². The molecule has 7 heteroatoms. The molecular weight excluding hydrogens is 430 g/mol. The highest BCUT2D eigenvalue weighted by atomic mass is 79.9. The van der Waals surface area contributed by atoms with Crippen LogP contribution in [0.1, 0.15) is 16.2 Å². The maximum atomic E-state index is 5.47. The molecule has 3 heterocycles. The van der Waals surface area contributed by atoms with E-state index < -0.39 is 0 Å². The lowest BCUT2D eigenvalue weighted by Gasteiger charge is -2.10. The van der Waals surface area contributed by atoms with Gasteiger partial charge in [-0.25, -0.2) is 0 Å². The van der Waals surface area contributed by atoms with Crippen molar-refractivity contribution in [3.63, 3.8) is 0 Å². The lowest BCUT2D eigenvalue weighted by Crippen LogP contribution is -2.04. The van der Waals surface area contributed by atoms with Gasteiger partial charge in [-0.05, 0) is 46.6 Å². The summed E-state index contributed by atoms with van der Waals surface area (Å²) >= 11 is 6.97. The molecule has 4 rings (SSSR count). The summed E-state index contributed by atoms with van der Waals surface area (Å²) in [6.07, 6.45) is 1.70. The summed E-state index contributed by atoms with van der Waals surface area (Å²) in [5, 5.41) is 9.83. The third-order valence-electron chi connectivity index (χ3n) is 3.97. The van der Waals surface area contributed by atoms with Gasteiger partial charge in [0.1, 0.15) is 5.76 Å². The molecule has 0 amide bonds. The van der Waals surface area contributed by atoms with E-state index in [1.165, 1.54) is 10.4 Å². The Labute approximate surface area is 168 Å². The van der Waals surface area contributed by atoms with Crippen LogP contribution in [0.25, 0.3) is 11.4 Å². The predicted molar refractivity (Wildman–Crippen MR) is 110 cm³/mol. The van der Waals surface area contributed by atoms with E-state index in [0.717, 1.165) is 38.4 Å². The van der Waals surface area contributed by atoms with E-state index in [1.807, 2.05) is 19.1 Å². The molecule has 4 nitrogen and oxygen atoms in total. The second-order valence-electron chi connectivity index (χ2n) is 5.76. The Hall–Kier alpha value is -1.83. The number of hydrogen-bond donors (Lipinski definition) is 0. The molecule has 132 valence electrons. The van der Waals surface area contributed by atoms with Gasteiger partial charge in [-0.15, -0.1) is 21.5 Å². The Morgan fingerprint density at radius 2 is 1.96 bits per heavy atom. The summed E-state index contributed by atoms with van der Waals surface area (Å²) in [6.45, 7) is 2.68. The number of furan rings is 1. The maximum absolute atomic E-state index is 5.47. The topological polar surface area (TPSA) is 43.9 Å². The molecule has 0 aliphatic heterocycles. The average Bonchev–Trinajstić information content (AvgIpc) is 3.35. The first-order valence-corrected chi connectivity index (χ1v) is 10.7. The van der Waals surface area contributed by atoms with Crippen molar-refractivity contribution >= 4 is 39.0 Å². The third kappa shape index (κ3) is 3.79. The minimum atomic E-state index is 0.726. The monoisotopic (exact) mass is 445 g/mol. The molecule has 0 atom stereocenters. The Balaban J connectivity index is 1.66. The van der Waals surface area contributed by atoms with Crippen LogP contribution < -0.4 is 0 Å². The van der Waals surface area contributed by atoms with Crippen LogP contribution in [0.5, 0.6) is 0 Å². The number of aromatic nitrogens is 3. The van der Waals surface area contributed by atoms with Crippen LogP contribution in [-0.2, 0) is 12.3 Å². The Morgan fingerprint density at radius 3 is 2.65 bits per heavy atom. The first-order chi connectivity index (χ1) is 12.7. The van der Waals surface area contributed by atoms with Gasteiger partial charge in [0.25, 0.3) is 0 Å². The molecule has 0 unspecified atom stereocenters. The standard InChI is InChI=1S/C19H16BrN3OS2/c1-13-16(9-10-24-13)18-21-22-19(25-12-15-7-8-17(20)26-15)23(18)11-14-5-3-2-4-6-14/h2-10H,11-12H2,1H3. The van der Waals surface area contributed by atoms with Crippen LogP contribution in [0.2, 0.25) is 0 Å². The van der Waals surface area contributed by atoms with E-state index in [-0.39, 0.29) is 0 Å². The number of nitrogens with zero attached hydrogens (tertiary/aromatic N) is 3. The van der Waals surface area contributed by atoms with Gasteiger partial charge in [-0.1, -0.05) is 42.1 Å². The van der Waals surface area contributed by atoms with E-state index in [0.29, 0.717) is 0 Å². The molecule has 0 saturated carbocycles. The second-order valence-corrected chi connectivity index (χ2v) is 9.25. The second kappa shape index (κ2) is 7.82. The lowest BCUT2D eigenvalue weighted by atomic mass is 10.2. The van der Waals surface area contributed by atoms with Crippen molar-refractivity contribution in [3.8, 4) is 11.4 Å². The Morgan fingerprint density at radius 1 is 1.12 bits per heavy atom. The van der Waals surface area contributed by atoms with Crippen molar-refractivity contribution in [2.45, 2.75) is 24.4 Å². The molecule has 0 bridgehead atoms. The van der Waals surface area contributed by atoms with Crippen LogP contribution >= 0.6 is 39.0 Å². The van der Waals surface area contributed by atoms with Gasteiger partial charge in [-0.3, -0.25) is 4.57 Å². The van der Waals surface area contributed by atoms with Gasteiger partial charge < -0.3 is 4.42 Å². The van der Waals surface area contributed by atoms with Gasteiger partial charge in [0.2, 0.25) is 0 Å². The van der Waals surface area contributed by atoms with Crippen molar-refractivity contribution in [2.24, 2.45) is 0 Å². The molecule has 1 aromatic carbocycles. The van der Waals surface area contributed by atoms with E-state index >= 15 is 0 Å². The number of aryl methyl sites for hydroxylation is 1. The molecule has 4 aromatic rings. The number of halogens is 1. The largest absolute Gasteiger partial charge is 0.469 e. The molecule has 0 spiro atoms.